The van der Waals surface area contributed by atoms with Crippen LogP contribution < -0.4 is 0 Å². The number of carboxylic acid groups (broad SMARTS) is 1. The zero-order valence-electron chi connectivity index (χ0n) is 9.62. The Morgan fingerprint density at radius 1 is 1.44 bits per heavy atom. The number of rotatable bonds is 2. The Kier molecular flexibility index (Phi) is 2.61. The summed E-state index contributed by atoms with van der Waals surface area (Å²) in [5.74, 6) is -0.777. The van der Waals surface area contributed by atoms with Crippen LogP contribution in [0.2, 0.25) is 0 Å². The first-order chi connectivity index (χ1) is 7.35. The van der Waals surface area contributed by atoms with Gasteiger partial charge in [0.2, 0.25) is 0 Å². The van der Waals surface area contributed by atoms with Crippen LogP contribution >= 0.6 is 15.9 Å². The molecule has 1 aliphatic carbocycles. The summed E-state index contributed by atoms with van der Waals surface area (Å²) in [4.78, 5) is 11.1. The Balaban J connectivity index is 2.33. The highest BCUT2D eigenvalue weighted by atomic mass is 79.9. The predicted molar refractivity (Wildman–Crippen MR) is 66.5 cm³/mol. The number of benzene rings is 1. The second-order valence-corrected chi connectivity index (χ2v) is 5.98. The molecule has 16 heavy (non-hydrogen) atoms. The first-order valence-corrected chi connectivity index (χ1v) is 6.14. The average Bonchev–Trinajstić information content (AvgIpc) is 2.74. The fraction of sp³-hybridized carbons (Fsp3) is 0.462. The van der Waals surface area contributed by atoms with Crippen LogP contribution in [0.15, 0.2) is 22.7 Å². The van der Waals surface area contributed by atoms with Crippen molar-refractivity contribution in [1.82, 2.24) is 0 Å². The molecule has 3 heteroatoms. The highest BCUT2D eigenvalue weighted by molar-refractivity contribution is 9.10. The monoisotopic (exact) mass is 282 g/mol. The number of carboxylic acids is 1. The van der Waals surface area contributed by atoms with E-state index in [1.165, 1.54) is 0 Å². The van der Waals surface area contributed by atoms with Crippen LogP contribution in [0, 0.1) is 18.3 Å². The molecule has 1 aromatic carbocycles. The van der Waals surface area contributed by atoms with Crippen LogP contribution in [0.5, 0.6) is 0 Å². The summed E-state index contributed by atoms with van der Waals surface area (Å²) in [5, 5.41) is 9.14. The molecule has 0 aromatic heterocycles. The van der Waals surface area contributed by atoms with Crippen molar-refractivity contribution in [2.24, 2.45) is 11.3 Å². The van der Waals surface area contributed by atoms with Gasteiger partial charge >= 0.3 is 5.97 Å². The van der Waals surface area contributed by atoms with Gasteiger partial charge in [0.1, 0.15) is 0 Å². The summed E-state index contributed by atoms with van der Waals surface area (Å²) >= 11 is 3.46. The Bertz CT molecular complexity index is 451. The van der Waals surface area contributed by atoms with E-state index < -0.39 is 5.97 Å². The van der Waals surface area contributed by atoms with Gasteiger partial charge in [0.15, 0.2) is 0 Å². The van der Waals surface area contributed by atoms with Crippen molar-refractivity contribution in [1.29, 1.82) is 0 Å². The summed E-state index contributed by atoms with van der Waals surface area (Å²) < 4.78 is 1.07. The van der Waals surface area contributed by atoms with E-state index in [-0.39, 0.29) is 17.3 Å². The van der Waals surface area contributed by atoms with Gasteiger partial charge in [-0.25, -0.2) is 0 Å². The van der Waals surface area contributed by atoms with Gasteiger partial charge in [-0.15, -0.1) is 0 Å². The maximum Gasteiger partial charge on any atom is 0.307 e. The summed E-state index contributed by atoms with van der Waals surface area (Å²) in [6, 6.07) is 6.10. The highest BCUT2D eigenvalue weighted by Gasteiger charge is 2.62. The molecule has 1 fully saturated rings. The van der Waals surface area contributed by atoms with Crippen molar-refractivity contribution >= 4 is 21.9 Å². The van der Waals surface area contributed by atoms with Crippen LogP contribution in [0.3, 0.4) is 0 Å². The molecule has 86 valence electrons. The van der Waals surface area contributed by atoms with Crippen molar-refractivity contribution in [3.05, 3.63) is 33.8 Å². The van der Waals surface area contributed by atoms with E-state index in [2.05, 4.69) is 22.0 Å². The lowest BCUT2D eigenvalue weighted by Crippen LogP contribution is -2.03. The van der Waals surface area contributed by atoms with Gasteiger partial charge in [0.25, 0.3) is 0 Å². The van der Waals surface area contributed by atoms with Crippen LogP contribution in [-0.4, -0.2) is 11.1 Å². The van der Waals surface area contributed by atoms with Gasteiger partial charge in [0.05, 0.1) is 5.92 Å². The molecule has 0 saturated heterocycles. The van der Waals surface area contributed by atoms with Crippen molar-refractivity contribution in [3.63, 3.8) is 0 Å². The minimum atomic E-state index is -0.685. The molecule has 0 unspecified atom stereocenters. The number of halogens is 1. The number of carbonyl (C=O) groups is 1. The lowest BCUT2D eigenvalue weighted by atomic mass is 10.0. The van der Waals surface area contributed by atoms with Crippen molar-refractivity contribution in [3.8, 4) is 0 Å². The third-order valence-electron chi connectivity index (χ3n) is 3.63. The Labute approximate surface area is 104 Å². The van der Waals surface area contributed by atoms with Crippen molar-refractivity contribution in [2.45, 2.75) is 26.7 Å². The van der Waals surface area contributed by atoms with E-state index in [1.807, 2.05) is 32.9 Å². The van der Waals surface area contributed by atoms with E-state index in [1.54, 1.807) is 0 Å². The zero-order valence-corrected chi connectivity index (χ0v) is 11.2. The molecule has 0 spiro atoms. The van der Waals surface area contributed by atoms with Crippen LogP contribution in [0.1, 0.15) is 30.9 Å². The van der Waals surface area contributed by atoms with Crippen molar-refractivity contribution < 1.29 is 9.90 Å². The van der Waals surface area contributed by atoms with Gasteiger partial charge < -0.3 is 5.11 Å². The van der Waals surface area contributed by atoms with E-state index in [4.69, 9.17) is 5.11 Å². The lowest BCUT2D eigenvalue weighted by Gasteiger charge is -2.05. The van der Waals surface area contributed by atoms with Gasteiger partial charge in [-0.05, 0) is 29.5 Å². The molecule has 0 amide bonds. The topological polar surface area (TPSA) is 37.3 Å². The fourth-order valence-corrected chi connectivity index (χ4v) is 2.83. The summed E-state index contributed by atoms with van der Waals surface area (Å²) in [6.45, 7) is 6.07. The fourth-order valence-electron chi connectivity index (χ4n) is 2.58. The molecule has 1 aromatic rings. The Morgan fingerprint density at radius 3 is 2.50 bits per heavy atom. The van der Waals surface area contributed by atoms with Gasteiger partial charge in [0, 0.05) is 10.4 Å². The highest BCUT2D eigenvalue weighted by Crippen LogP contribution is 2.64. The maximum atomic E-state index is 11.1. The second kappa shape index (κ2) is 3.59. The molecule has 1 N–H and O–H groups in total. The van der Waals surface area contributed by atoms with Gasteiger partial charge in [-0.1, -0.05) is 41.9 Å². The largest absolute Gasteiger partial charge is 0.481 e. The number of hydrogen-bond donors (Lipinski definition) is 1. The average molecular weight is 283 g/mol. The molecule has 2 nitrogen and oxygen atoms in total. The normalized spacial score (nSPS) is 26.5. The standard InChI is InChI=1S/C13H15BrO2/c1-7-6-8(4-5-9(7)14)10-11(12(15)16)13(10,2)3/h4-6,10-11H,1-3H3,(H,15,16)/t10-,11+/m1/s1. The van der Waals surface area contributed by atoms with E-state index in [9.17, 15) is 4.79 Å². The third kappa shape index (κ3) is 1.67. The molecule has 0 heterocycles. The molecule has 1 aliphatic rings. The molecule has 0 bridgehead atoms. The summed E-state index contributed by atoms with van der Waals surface area (Å²) in [5.41, 5.74) is 2.17. The van der Waals surface area contributed by atoms with Gasteiger partial charge in [-0.3, -0.25) is 4.79 Å². The molecule has 0 radical (unpaired) electrons. The van der Waals surface area contributed by atoms with Crippen molar-refractivity contribution in [2.75, 3.05) is 0 Å². The second-order valence-electron chi connectivity index (χ2n) is 5.12. The van der Waals surface area contributed by atoms with E-state index in [0.717, 1.165) is 15.6 Å². The summed E-state index contributed by atoms with van der Waals surface area (Å²) in [6.07, 6.45) is 0. The van der Waals surface area contributed by atoms with E-state index in [0.29, 0.717) is 0 Å². The Hall–Kier alpha value is -0.830. The molecular weight excluding hydrogens is 268 g/mol. The van der Waals surface area contributed by atoms with Crippen LogP contribution in [0.25, 0.3) is 0 Å². The SMILES string of the molecule is Cc1cc([C@@H]2[C@@H](C(=O)O)C2(C)C)ccc1Br. The van der Waals surface area contributed by atoms with Gasteiger partial charge in [-0.2, -0.15) is 0 Å². The van der Waals surface area contributed by atoms with Crippen LogP contribution in [-0.2, 0) is 4.79 Å². The van der Waals surface area contributed by atoms with Crippen LogP contribution in [0.4, 0.5) is 0 Å². The number of hydrogen-bond acceptors (Lipinski definition) is 1. The number of aryl methyl sites for hydroxylation is 1. The molecule has 1 saturated carbocycles. The zero-order chi connectivity index (χ0) is 12.1. The Morgan fingerprint density at radius 2 is 2.06 bits per heavy atom. The first-order valence-electron chi connectivity index (χ1n) is 5.34. The minimum Gasteiger partial charge on any atom is -0.481 e. The maximum absolute atomic E-state index is 11.1. The first kappa shape index (κ1) is 11.6. The third-order valence-corrected chi connectivity index (χ3v) is 4.52. The number of aliphatic carboxylic acids is 1. The quantitative estimate of drug-likeness (QED) is 0.900. The molecular formula is C13H15BrO2. The van der Waals surface area contributed by atoms with E-state index >= 15 is 0 Å². The molecule has 0 aliphatic heterocycles. The minimum absolute atomic E-state index is 0.119. The molecule has 2 atom stereocenters. The lowest BCUT2D eigenvalue weighted by molar-refractivity contribution is -0.139. The molecule has 2 rings (SSSR count). The smallest absolute Gasteiger partial charge is 0.307 e. The predicted octanol–water partition coefficient (Wildman–Crippen LogP) is 3.58. The summed E-state index contributed by atoms with van der Waals surface area (Å²) in [7, 11) is 0.